The van der Waals surface area contributed by atoms with E-state index in [0.29, 0.717) is 65.9 Å². The fourth-order valence-electron chi connectivity index (χ4n) is 7.32. The Hall–Kier alpha value is -4.47. The lowest BCUT2D eigenvalue weighted by atomic mass is 9.99. The molecule has 0 fully saturated rings. The molecule has 0 aliphatic rings. The molecule has 6 aromatic heterocycles. The van der Waals surface area contributed by atoms with Crippen LogP contribution in [0.25, 0.3) is 64.1 Å². The van der Waals surface area contributed by atoms with Crippen LogP contribution in [0.5, 0.6) is 0 Å². The van der Waals surface area contributed by atoms with E-state index in [9.17, 15) is 19.0 Å². The minimum atomic E-state index is -1.28. The van der Waals surface area contributed by atoms with Gasteiger partial charge in [0.1, 0.15) is 53.9 Å². The Morgan fingerprint density at radius 2 is 1.42 bits per heavy atom. The maximum atomic E-state index is 13.4. The molecule has 0 radical (unpaired) electrons. The zero-order valence-electron chi connectivity index (χ0n) is 35.6. The normalized spacial score (nSPS) is 12.7. The van der Waals surface area contributed by atoms with Crippen molar-refractivity contribution in [2.75, 3.05) is 43.2 Å². The topological polar surface area (TPSA) is 202 Å². The van der Waals surface area contributed by atoms with Gasteiger partial charge in [0.15, 0.2) is 0 Å². The molecule has 6 N–H and O–H groups in total. The zero-order valence-corrected chi connectivity index (χ0v) is 40.5. The number of carbonyl (C=O) groups is 1. The summed E-state index contributed by atoms with van der Waals surface area (Å²) in [5.41, 5.74) is 21.0. The van der Waals surface area contributed by atoms with Crippen LogP contribution in [0.1, 0.15) is 60.3 Å². The number of nitrogen functional groups attached to an aromatic ring is 2. The second kappa shape index (κ2) is 20.8. The number of nitrogens with one attached hydrogen (secondary N) is 1. The number of thiophene rings is 2. The van der Waals surface area contributed by atoms with Gasteiger partial charge in [0.05, 0.1) is 6.61 Å². The highest BCUT2D eigenvalue weighted by Crippen LogP contribution is 2.46. The van der Waals surface area contributed by atoms with E-state index in [0.717, 1.165) is 84.3 Å². The maximum Gasteiger partial charge on any atom is 0.251 e. The number of nitrogens with zero attached hydrogens (tertiary/aromatic N) is 5. The van der Waals surface area contributed by atoms with Crippen LogP contribution in [0, 0.1) is 0 Å². The number of anilines is 2. The number of pyridine rings is 2. The lowest BCUT2D eigenvalue weighted by Crippen LogP contribution is -2.26. The number of fused-ring (bicyclic) bond motifs is 2. The molecule has 2 aromatic carbocycles. The quantitative estimate of drug-likeness (QED) is 0.0562. The van der Waals surface area contributed by atoms with Gasteiger partial charge in [-0.15, -0.1) is 22.7 Å². The van der Waals surface area contributed by atoms with E-state index >= 15 is 0 Å². The molecule has 0 bridgehead atoms. The third kappa shape index (κ3) is 10.0. The molecule has 2 unspecified atom stereocenters. The van der Waals surface area contributed by atoms with Gasteiger partial charge in [0.25, 0.3) is 5.91 Å². The summed E-state index contributed by atoms with van der Waals surface area (Å²) in [6.07, 6.45) is 7.22. The summed E-state index contributed by atoms with van der Waals surface area (Å²) in [7, 11) is 2.08. The van der Waals surface area contributed by atoms with E-state index in [4.69, 9.17) is 26.4 Å². The summed E-state index contributed by atoms with van der Waals surface area (Å²) in [4.78, 5) is 36.9. The number of rotatable bonds is 19. The van der Waals surface area contributed by atoms with Crippen molar-refractivity contribution in [3.63, 3.8) is 0 Å². The summed E-state index contributed by atoms with van der Waals surface area (Å²) in [5.74, 6) is 0.791. The first kappa shape index (κ1) is 46.1. The summed E-state index contributed by atoms with van der Waals surface area (Å²) in [6, 6.07) is 19.7. The van der Waals surface area contributed by atoms with Crippen molar-refractivity contribution in [1.29, 1.82) is 0 Å². The Morgan fingerprint density at radius 3 is 2.02 bits per heavy atom. The van der Waals surface area contributed by atoms with Crippen LogP contribution in [0.3, 0.4) is 0 Å². The number of unbranched alkanes of at least 4 members (excludes halogenated alkanes) is 2. The number of amides is 1. The number of nitrogens with two attached hydrogens (primary N) is 2. The number of aliphatic hydroxyl groups excluding tert-OH is 1. The van der Waals surface area contributed by atoms with E-state index in [2.05, 4.69) is 60.4 Å². The predicted octanol–water partition coefficient (Wildman–Crippen LogP) is 9.82. The average molecular weight is 969 g/mol. The summed E-state index contributed by atoms with van der Waals surface area (Å²) in [6.45, 7) is 5.48. The molecule has 2 atom stereocenters. The highest BCUT2D eigenvalue weighted by Gasteiger charge is 2.27. The largest absolute Gasteiger partial charge is 0.611 e. The first-order valence-corrected chi connectivity index (χ1v) is 26.9. The number of aliphatic hydroxyl groups is 1. The molecule has 64 heavy (non-hydrogen) atoms. The third-order valence-electron chi connectivity index (χ3n) is 10.5. The second-order valence-corrected chi connectivity index (χ2v) is 22.8. The average Bonchev–Trinajstić information content (AvgIpc) is 4.14. The predicted molar refractivity (Wildman–Crippen MR) is 268 cm³/mol. The smallest absolute Gasteiger partial charge is 0.251 e. The minimum absolute atomic E-state index is 0.146. The standard InChI is InChI=1S/C46H48N8O4S6/c1-4-6-19-63(57)45-38(47)36-32(22-34(52-43(36)61-45)41-50-16-18-59-41)28-13-11-27(12-14-28)25-54(3)26-31-24-51-42(60-31)35-23-33(29-9-8-10-30(21-29)40(56)49-15-17-55)37-39(48)46(62-44(37)53-35)64(58)20-7-5-2/h8-14,16,18,21-24,55H,4-7,15,17,19-20,25-26,47-48H2,1-3H3,(H,49,56). The Kier molecular flexibility index (Phi) is 15.0. The second-order valence-electron chi connectivity index (χ2n) is 15.3. The summed E-state index contributed by atoms with van der Waals surface area (Å²) < 4.78 is 28.0. The van der Waals surface area contributed by atoms with Crippen molar-refractivity contribution in [2.45, 2.75) is 61.0 Å². The Labute approximate surface area is 394 Å². The molecular formula is C46H48N8O4S6. The first-order valence-electron chi connectivity index (χ1n) is 20.9. The summed E-state index contributed by atoms with van der Waals surface area (Å²) >= 11 is 3.37. The van der Waals surface area contributed by atoms with Crippen LogP contribution in [0.2, 0.25) is 0 Å². The molecule has 8 rings (SSSR count). The van der Waals surface area contributed by atoms with Gasteiger partial charge in [-0.25, -0.2) is 19.9 Å². The molecule has 18 heteroatoms. The third-order valence-corrected chi connectivity index (χ3v) is 18.3. The lowest BCUT2D eigenvalue weighted by molar-refractivity contribution is 0.0944. The molecular weight excluding hydrogens is 921 g/mol. The lowest BCUT2D eigenvalue weighted by Gasteiger charge is -2.16. The Balaban J connectivity index is 1.04. The van der Waals surface area contributed by atoms with Crippen molar-refractivity contribution < 1.29 is 19.0 Å². The van der Waals surface area contributed by atoms with Crippen LogP contribution in [-0.2, 0) is 35.4 Å². The summed E-state index contributed by atoms with van der Waals surface area (Å²) in [5, 5.41) is 17.0. The highest BCUT2D eigenvalue weighted by atomic mass is 32.2. The van der Waals surface area contributed by atoms with Gasteiger partial charge < -0.3 is 31.0 Å². The number of carbonyl (C=O) groups excluding carboxylic acids is 1. The number of aromatic nitrogens is 4. The fraction of sp³-hybridized carbons (Fsp3) is 0.283. The Bertz CT molecular complexity index is 2880. The van der Waals surface area contributed by atoms with Crippen molar-refractivity contribution in [3.05, 3.63) is 94.4 Å². The van der Waals surface area contributed by atoms with Crippen molar-refractivity contribution in [2.24, 2.45) is 0 Å². The van der Waals surface area contributed by atoms with Crippen LogP contribution in [0.15, 0.2) is 86.9 Å². The van der Waals surface area contributed by atoms with Crippen LogP contribution < -0.4 is 16.8 Å². The number of hydrogen-bond acceptors (Lipinski definition) is 15. The Morgan fingerprint density at radius 1 is 0.797 bits per heavy atom. The molecule has 12 nitrogen and oxygen atoms in total. The van der Waals surface area contributed by atoms with Crippen molar-refractivity contribution in [1.82, 2.24) is 30.2 Å². The van der Waals surface area contributed by atoms with Crippen molar-refractivity contribution in [3.8, 4) is 43.7 Å². The van der Waals surface area contributed by atoms with Gasteiger partial charge in [-0.3, -0.25) is 9.69 Å². The monoisotopic (exact) mass is 968 g/mol. The van der Waals surface area contributed by atoms with Crippen molar-refractivity contribution >= 4 is 105 Å². The first-order chi connectivity index (χ1) is 31.1. The maximum absolute atomic E-state index is 13.4. The molecule has 1 amide bonds. The fourth-order valence-corrected chi connectivity index (χ4v) is 14.5. The van der Waals surface area contributed by atoms with Crippen LogP contribution in [-0.4, -0.2) is 76.7 Å². The highest BCUT2D eigenvalue weighted by molar-refractivity contribution is 7.94. The van der Waals surface area contributed by atoms with Gasteiger partial charge in [-0.1, -0.05) is 85.8 Å². The minimum Gasteiger partial charge on any atom is -0.611 e. The molecule has 0 aliphatic carbocycles. The van der Waals surface area contributed by atoms with E-state index in [1.165, 1.54) is 34.0 Å². The molecule has 8 aromatic rings. The molecule has 332 valence electrons. The number of benzene rings is 2. The van der Waals surface area contributed by atoms with Crippen LogP contribution >= 0.6 is 45.3 Å². The molecule has 6 heterocycles. The van der Waals surface area contributed by atoms with Gasteiger partial charge in [-0.05, 0) is 94.3 Å². The van der Waals surface area contributed by atoms with Crippen LogP contribution in [0.4, 0.5) is 11.4 Å². The molecule has 0 aliphatic heterocycles. The number of thiazole rings is 2. The van der Waals surface area contributed by atoms with E-state index in [-0.39, 0.29) is 19.1 Å². The van der Waals surface area contributed by atoms with Gasteiger partial charge in [-0.2, -0.15) is 0 Å². The van der Waals surface area contributed by atoms with E-state index < -0.39 is 22.4 Å². The van der Waals surface area contributed by atoms with Gasteiger partial charge >= 0.3 is 0 Å². The van der Waals surface area contributed by atoms with Gasteiger partial charge in [0, 0.05) is 58.6 Å². The SMILES string of the molecule is CCCC[S+]([O-])c1sc2nc(-c3nccs3)cc(-c3ccc(CN(C)Cc4cnc(-c5cc(-c6cccc(C(=O)NCCO)c6)c6c(N)c([S+]([O-])CCCC)sc6n5)s4)cc3)c2c1N. The number of hydrogen-bond donors (Lipinski definition) is 4. The molecule has 0 saturated heterocycles. The zero-order chi connectivity index (χ0) is 44.9. The molecule has 0 spiro atoms. The van der Waals surface area contributed by atoms with Gasteiger partial charge in [0.2, 0.25) is 8.42 Å². The molecule has 0 saturated carbocycles. The van der Waals surface area contributed by atoms with E-state index in [1.54, 1.807) is 29.7 Å². The van der Waals surface area contributed by atoms with E-state index in [1.807, 2.05) is 35.8 Å².